The topological polar surface area (TPSA) is 75.6 Å². The van der Waals surface area contributed by atoms with Gasteiger partial charge in [0, 0.05) is 6.54 Å². The summed E-state index contributed by atoms with van der Waals surface area (Å²) in [5, 5.41) is 11.9. The Hall–Kier alpha value is -1.10. The van der Waals surface area contributed by atoms with Crippen molar-refractivity contribution in [2.24, 2.45) is 11.8 Å². The molecule has 2 rings (SSSR count). The average molecular weight is 269 g/mol. The molecule has 108 valence electrons. The van der Waals surface area contributed by atoms with Crippen molar-refractivity contribution in [1.29, 1.82) is 0 Å². The number of aliphatic carboxylic acids is 1. The van der Waals surface area contributed by atoms with E-state index in [1.54, 1.807) is 0 Å². The van der Waals surface area contributed by atoms with Crippen LogP contribution < -0.4 is 5.32 Å². The van der Waals surface area contributed by atoms with Gasteiger partial charge in [-0.1, -0.05) is 0 Å². The molecular formula is C14H23NO4. The highest BCUT2D eigenvalue weighted by Gasteiger charge is 2.29. The Morgan fingerprint density at radius 3 is 2.37 bits per heavy atom. The second kappa shape index (κ2) is 6.37. The summed E-state index contributed by atoms with van der Waals surface area (Å²) in [5.41, 5.74) is 0. The van der Waals surface area contributed by atoms with Gasteiger partial charge in [0.25, 0.3) is 0 Å². The van der Waals surface area contributed by atoms with Crippen molar-refractivity contribution >= 4 is 11.9 Å². The molecule has 0 spiro atoms. The van der Waals surface area contributed by atoms with Gasteiger partial charge in [-0.2, -0.15) is 0 Å². The average Bonchev–Trinajstić information content (AvgIpc) is 2.83. The maximum atomic E-state index is 11.9. The lowest BCUT2D eigenvalue weighted by atomic mass is 9.82. The SMILES string of the molecule is CC1CCC(C(=O)NCC2CCC(C(=O)O)CC2)O1. The lowest BCUT2D eigenvalue weighted by molar-refractivity contribution is -0.143. The molecule has 1 heterocycles. The van der Waals surface area contributed by atoms with Crippen molar-refractivity contribution in [2.45, 2.75) is 57.7 Å². The Morgan fingerprint density at radius 2 is 1.84 bits per heavy atom. The van der Waals surface area contributed by atoms with Crippen molar-refractivity contribution in [3.05, 3.63) is 0 Å². The molecule has 5 nitrogen and oxygen atoms in total. The van der Waals surface area contributed by atoms with Gasteiger partial charge in [0.15, 0.2) is 0 Å². The van der Waals surface area contributed by atoms with Gasteiger partial charge in [-0.05, 0) is 51.4 Å². The number of carbonyl (C=O) groups is 2. The quantitative estimate of drug-likeness (QED) is 0.812. The molecule has 1 aliphatic heterocycles. The van der Waals surface area contributed by atoms with Crippen LogP contribution in [0.1, 0.15) is 45.4 Å². The number of nitrogens with one attached hydrogen (secondary N) is 1. The second-order valence-electron chi connectivity index (χ2n) is 5.81. The van der Waals surface area contributed by atoms with Crippen molar-refractivity contribution < 1.29 is 19.4 Å². The maximum Gasteiger partial charge on any atom is 0.306 e. The Balaban J connectivity index is 1.66. The zero-order valence-corrected chi connectivity index (χ0v) is 11.4. The molecule has 2 N–H and O–H groups in total. The predicted octanol–water partition coefficient (Wildman–Crippen LogP) is 1.56. The first-order chi connectivity index (χ1) is 9.06. The minimum atomic E-state index is -0.684. The summed E-state index contributed by atoms with van der Waals surface area (Å²) in [6.07, 6.45) is 4.88. The van der Waals surface area contributed by atoms with E-state index in [4.69, 9.17) is 9.84 Å². The van der Waals surface area contributed by atoms with Gasteiger partial charge in [-0.15, -0.1) is 0 Å². The van der Waals surface area contributed by atoms with Gasteiger partial charge in [-0.25, -0.2) is 0 Å². The summed E-state index contributed by atoms with van der Waals surface area (Å²) in [5.74, 6) is -0.468. The fourth-order valence-corrected chi connectivity index (χ4v) is 2.97. The number of hydrogen-bond acceptors (Lipinski definition) is 3. The largest absolute Gasteiger partial charge is 0.481 e. The summed E-state index contributed by atoms with van der Waals surface area (Å²) < 4.78 is 5.52. The van der Waals surface area contributed by atoms with Crippen LogP contribution in [0, 0.1) is 11.8 Å². The minimum absolute atomic E-state index is 0.00953. The van der Waals surface area contributed by atoms with Crippen LogP contribution in [-0.4, -0.2) is 35.7 Å². The van der Waals surface area contributed by atoms with Crippen LogP contribution >= 0.6 is 0 Å². The molecule has 2 aliphatic rings. The number of carboxylic acids is 1. The summed E-state index contributed by atoms with van der Waals surface area (Å²) in [6.45, 7) is 2.64. The molecule has 0 radical (unpaired) electrons. The summed E-state index contributed by atoms with van der Waals surface area (Å²) in [4.78, 5) is 22.7. The molecule has 2 unspecified atom stereocenters. The van der Waals surface area contributed by atoms with Gasteiger partial charge < -0.3 is 15.2 Å². The highest BCUT2D eigenvalue weighted by atomic mass is 16.5. The molecule has 0 aromatic carbocycles. The Morgan fingerprint density at radius 1 is 1.16 bits per heavy atom. The molecule has 5 heteroatoms. The number of amides is 1. The van der Waals surface area contributed by atoms with Gasteiger partial charge in [0.1, 0.15) is 6.10 Å². The first-order valence-corrected chi connectivity index (χ1v) is 7.22. The van der Waals surface area contributed by atoms with Gasteiger partial charge in [0.05, 0.1) is 12.0 Å². The minimum Gasteiger partial charge on any atom is -0.481 e. The van der Waals surface area contributed by atoms with Crippen LogP contribution in [0.15, 0.2) is 0 Å². The molecule has 0 bridgehead atoms. The van der Waals surface area contributed by atoms with Crippen LogP contribution in [0.25, 0.3) is 0 Å². The van der Waals surface area contributed by atoms with Crippen LogP contribution in [0.4, 0.5) is 0 Å². The Kier molecular flexibility index (Phi) is 4.80. The lowest BCUT2D eigenvalue weighted by Crippen LogP contribution is -2.38. The summed E-state index contributed by atoms with van der Waals surface area (Å²) in [7, 11) is 0. The zero-order chi connectivity index (χ0) is 13.8. The van der Waals surface area contributed by atoms with E-state index < -0.39 is 5.97 Å². The molecule has 0 aromatic heterocycles. The molecule has 19 heavy (non-hydrogen) atoms. The van der Waals surface area contributed by atoms with E-state index in [1.807, 2.05) is 6.92 Å². The third-order valence-electron chi connectivity index (χ3n) is 4.29. The smallest absolute Gasteiger partial charge is 0.306 e. The monoisotopic (exact) mass is 269 g/mol. The van der Waals surface area contributed by atoms with Crippen LogP contribution in [-0.2, 0) is 14.3 Å². The molecule has 0 aromatic rings. The molecule has 2 fully saturated rings. The highest BCUT2D eigenvalue weighted by Crippen LogP contribution is 2.28. The van der Waals surface area contributed by atoms with E-state index >= 15 is 0 Å². The van der Waals surface area contributed by atoms with Crippen LogP contribution in [0.2, 0.25) is 0 Å². The van der Waals surface area contributed by atoms with Crippen molar-refractivity contribution in [3.63, 3.8) is 0 Å². The molecule has 1 amide bonds. The summed E-state index contributed by atoms with van der Waals surface area (Å²) >= 11 is 0. The van der Waals surface area contributed by atoms with E-state index in [2.05, 4.69) is 5.32 Å². The molecular weight excluding hydrogens is 246 g/mol. The molecule has 1 saturated carbocycles. The van der Waals surface area contributed by atoms with E-state index in [1.165, 1.54) is 0 Å². The normalized spacial score (nSPS) is 35.0. The van der Waals surface area contributed by atoms with Crippen LogP contribution in [0.3, 0.4) is 0 Å². The predicted molar refractivity (Wildman–Crippen MR) is 69.7 cm³/mol. The van der Waals surface area contributed by atoms with Gasteiger partial charge in [0.2, 0.25) is 5.91 Å². The fraction of sp³-hybridized carbons (Fsp3) is 0.857. The second-order valence-corrected chi connectivity index (χ2v) is 5.81. The Labute approximate surface area is 113 Å². The van der Waals surface area contributed by atoms with Gasteiger partial charge in [-0.3, -0.25) is 9.59 Å². The first-order valence-electron chi connectivity index (χ1n) is 7.22. The van der Waals surface area contributed by atoms with Crippen LogP contribution in [0.5, 0.6) is 0 Å². The number of carbonyl (C=O) groups excluding carboxylic acids is 1. The lowest BCUT2D eigenvalue weighted by Gasteiger charge is -2.26. The van der Waals surface area contributed by atoms with E-state index in [0.29, 0.717) is 12.5 Å². The molecule has 1 aliphatic carbocycles. The van der Waals surface area contributed by atoms with Crippen molar-refractivity contribution in [3.8, 4) is 0 Å². The van der Waals surface area contributed by atoms with Crippen molar-refractivity contribution in [1.82, 2.24) is 5.32 Å². The Bertz CT molecular complexity index is 336. The number of carboxylic acid groups (broad SMARTS) is 1. The fourth-order valence-electron chi connectivity index (χ4n) is 2.97. The standard InChI is InChI=1S/C14H23NO4/c1-9-2-7-12(19-9)13(16)15-8-10-3-5-11(6-4-10)14(17)18/h9-12H,2-8H2,1H3,(H,15,16)(H,17,18). The number of hydrogen-bond donors (Lipinski definition) is 2. The number of rotatable bonds is 4. The first kappa shape index (κ1) is 14.3. The van der Waals surface area contributed by atoms with E-state index in [9.17, 15) is 9.59 Å². The van der Waals surface area contributed by atoms with Gasteiger partial charge >= 0.3 is 5.97 Å². The maximum absolute atomic E-state index is 11.9. The third kappa shape index (κ3) is 3.93. The molecule has 2 atom stereocenters. The number of ether oxygens (including phenoxy) is 1. The highest BCUT2D eigenvalue weighted by molar-refractivity contribution is 5.81. The summed E-state index contributed by atoms with van der Waals surface area (Å²) in [6, 6.07) is 0. The zero-order valence-electron chi connectivity index (χ0n) is 11.4. The van der Waals surface area contributed by atoms with E-state index in [-0.39, 0.29) is 24.0 Å². The third-order valence-corrected chi connectivity index (χ3v) is 4.29. The van der Waals surface area contributed by atoms with Crippen molar-refractivity contribution in [2.75, 3.05) is 6.54 Å². The van der Waals surface area contributed by atoms with E-state index in [0.717, 1.165) is 38.5 Å². The molecule has 1 saturated heterocycles.